The first-order valence-corrected chi connectivity index (χ1v) is 9.74. The Morgan fingerprint density at radius 1 is 1.20 bits per heavy atom. The fourth-order valence-electron chi connectivity index (χ4n) is 2.55. The standard InChI is InChI=1S/C14H22N2O2S2/c17-20(18,16-10-2-1-3-11-16)14-7-6-13(19-14)8-9-15-12-4-5-12/h6-7,12,15H,1-5,8-11H2. The zero-order chi connectivity index (χ0) is 14.0. The van der Waals surface area contributed by atoms with E-state index >= 15 is 0 Å². The van der Waals surface area contributed by atoms with Gasteiger partial charge in [0.1, 0.15) is 4.21 Å². The van der Waals surface area contributed by atoms with E-state index in [2.05, 4.69) is 5.32 Å². The van der Waals surface area contributed by atoms with Crippen LogP contribution in [0.4, 0.5) is 0 Å². The van der Waals surface area contributed by atoms with Crippen LogP contribution in [0.25, 0.3) is 0 Å². The first-order chi connectivity index (χ1) is 9.66. The van der Waals surface area contributed by atoms with Gasteiger partial charge >= 0.3 is 0 Å². The van der Waals surface area contributed by atoms with E-state index < -0.39 is 10.0 Å². The summed E-state index contributed by atoms with van der Waals surface area (Å²) in [7, 11) is -3.24. The van der Waals surface area contributed by atoms with Crippen molar-refractivity contribution in [3.63, 3.8) is 0 Å². The van der Waals surface area contributed by atoms with Gasteiger partial charge in [0.15, 0.2) is 0 Å². The van der Waals surface area contributed by atoms with Crippen LogP contribution in [-0.2, 0) is 16.4 Å². The van der Waals surface area contributed by atoms with E-state index in [0.717, 1.165) is 37.1 Å². The van der Waals surface area contributed by atoms with Crippen molar-refractivity contribution in [1.82, 2.24) is 9.62 Å². The number of hydrogen-bond acceptors (Lipinski definition) is 4. The predicted octanol–water partition coefficient (Wildman–Crippen LogP) is 2.22. The average molecular weight is 314 g/mol. The van der Waals surface area contributed by atoms with Crippen molar-refractivity contribution >= 4 is 21.4 Å². The summed E-state index contributed by atoms with van der Waals surface area (Å²) in [5, 5.41) is 3.46. The molecule has 1 aliphatic carbocycles. The monoisotopic (exact) mass is 314 g/mol. The largest absolute Gasteiger partial charge is 0.314 e. The molecule has 0 unspecified atom stereocenters. The van der Waals surface area contributed by atoms with Crippen molar-refractivity contribution in [3.05, 3.63) is 17.0 Å². The number of sulfonamides is 1. The summed E-state index contributed by atoms with van der Waals surface area (Å²) >= 11 is 1.44. The Bertz CT molecular complexity index is 543. The molecule has 1 aromatic heterocycles. The van der Waals surface area contributed by atoms with Gasteiger partial charge in [-0.3, -0.25) is 0 Å². The highest BCUT2D eigenvalue weighted by molar-refractivity contribution is 7.91. The summed E-state index contributed by atoms with van der Waals surface area (Å²) in [5.41, 5.74) is 0. The number of thiophene rings is 1. The summed E-state index contributed by atoms with van der Waals surface area (Å²) in [6.45, 7) is 2.31. The van der Waals surface area contributed by atoms with E-state index in [9.17, 15) is 8.42 Å². The topological polar surface area (TPSA) is 49.4 Å². The second kappa shape index (κ2) is 6.13. The zero-order valence-corrected chi connectivity index (χ0v) is 13.3. The van der Waals surface area contributed by atoms with Gasteiger partial charge in [-0.25, -0.2) is 8.42 Å². The average Bonchev–Trinajstić information content (AvgIpc) is 3.15. The van der Waals surface area contributed by atoms with Gasteiger partial charge in [-0.15, -0.1) is 11.3 Å². The van der Waals surface area contributed by atoms with Crippen LogP contribution in [0, 0.1) is 0 Å². The molecule has 1 saturated carbocycles. The van der Waals surface area contributed by atoms with Gasteiger partial charge in [-0.1, -0.05) is 6.42 Å². The molecule has 20 heavy (non-hydrogen) atoms. The fraction of sp³-hybridized carbons (Fsp3) is 0.714. The van der Waals surface area contributed by atoms with Crippen molar-refractivity contribution in [2.75, 3.05) is 19.6 Å². The molecule has 2 heterocycles. The fourth-order valence-corrected chi connectivity index (χ4v) is 5.58. The van der Waals surface area contributed by atoms with E-state index in [4.69, 9.17) is 0 Å². The Morgan fingerprint density at radius 3 is 2.65 bits per heavy atom. The van der Waals surface area contributed by atoms with Crippen LogP contribution >= 0.6 is 11.3 Å². The van der Waals surface area contributed by atoms with Crippen molar-refractivity contribution < 1.29 is 8.42 Å². The highest BCUT2D eigenvalue weighted by Gasteiger charge is 2.27. The van der Waals surface area contributed by atoms with Gasteiger partial charge in [0, 0.05) is 30.6 Å². The molecule has 112 valence electrons. The van der Waals surface area contributed by atoms with Crippen LogP contribution in [0.5, 0.6) is 0 Å². The van der Waals surface area contributed by atoms with Gasteiger partial charge in [0.2, 0.25) is 0 Å². The van der Waals surface area contributed by atoms with Crippen LogP contribution in [0.2, 0.25) is 0 Å². The number of rotatable bonds is 6. The minimum Gasteiger partial charge on any atom is -0.314 e. The van der Waals surface area contributed by atoms with E-state index in [0.29, 0.717) is 23.3 Å². The summed E-state index contributed by atoms with van der Waals surface area (Å²) in [5.74, 6) is 0. The highest BCUT2D eigenvalue weighted by Crippen LogP contribution is 2.27. The minimum atomic E-state index is -3.24. The summed E-state index contributed by atoms with van der Waals surface area (Å²) < 4.78 is 27.2. The molecule has 1 saturated heterocycles. The normalized spacial score (nSPS) is 21.2. The SMILES string of the molecule is O=S(=O)(c1ccc(CCNC2CC2)s1)N1CCCCC1. The molecule has 4 nitrogen and oxygen atoms in total. The molecule has 0 radical (unpaired) electrons. The quantitative estimate of drug-likeness (QED) is 0.876. The molecule has 1 N–H and O–H groups in total. The maximum absolute atomic E-state index is 12.5. The van der Waals surface area contributed by atoms with E-state index in [1.54, 1.807) is 10.4 Å². The Hall–Kier alpha value is -0.430. The molecular weight excluding hydrogens is 292 g/mol. The molecule has 6 heteroatoms. The summed E-state index contributed by atoms with van der Waals surface area (Å²) in [4.78, 5) is 1.16. The van der Waals surface area contributed by atoms with Gasteiger partial charge in [0.25, 0.3) is 10.0 Å². The summed E-state index contributed by atoms with van der Waals surface area (Å²) in [6.07, 6.45) is 6.63. The van der Waals surface area contributed by atoms with Gasteiger partial charge < -0.3 is 5.32 Å². The van der Waals surface area contributed by atoms with Crippen molar-refractivity contribution in [1.29, 1.82) is 0 Å². The Balaban J connectivity index is 1.61. The van der Waals surface area contributed by atoms with Crippen molar-refractivity contribution in [2.24, 2.45) is 0 Å². The predicted molar refractivity (Wildman–Crippen MR) is 81.7 cm³/mol. The molecule has 1 aromatic rings. The van der Waals surface area contributed by atoms with Crippen LogP contribution in [-0.4, -0.2) is 38.4 Å². The van der Waals surface area contributed by atoms with E-state index in [-0.39, 0.29) is 0 Å². The number of hydrogen-bond donors (Lipinski definition) is 1. The van der Waals surface area contributed by atoms with Gasteiger partial charge in [-0.05, 0) is 44.2 Å². The second-order valence-corrected chi connectivity index (χ2v) is 9.00. The lowest BCUT2D eigenvalue weighted by Crippen LogP contribution is -2.35. The van der Waals surface area contributed by atoms with Crippen molar-refractivity contribution in [2.45, 2.75) is 48.8 Å². The van der Waals surface area contributed by atoms with E-state index in [1.807, 2.05) is 6.07 Å². The Labute approximate surface area is 125 Å². The van der Waals surface area contributed by atoms with Gasteiger partial charge in [-0.2, -0.15) is 4.31 Å². The first-order valence-electron chi connectivity index (χ1n) is 7.48. The van der Waals surface area contributed by atoms with Crippen LogP contribution in [0.3, 0.4) is 0 Å². The summed E-state index contributed by atoms with van der Waals surface area (Å²) in [6, 6.07) is 4.46. The third kappa shape index (κ3) is 3.42. The van der Waals surface area contributed by atoms with Crippen LogP contribution < -0.4 is 5.32 Å². The van der Waals surface area contributed by atoms with Crippen LogP contribution in [0.15, 0.2) is 16.3 Å². The highest BCUT2D eigenvalue weighted by atomic mass is 32.2. The van der Waals surface area contributed by atoms with Crippen molar-refractivity contribution in [3.8, 4) is 0 Å². The molecular formula is C14H22N2O2S2. The molecule has 0 bridgehead atoms. The molecule has 1 aliphatic heterocycles. The molecule has 0 spiro atoms. The Kier molecular flexibility index (Phi) is 4.45. The molecule has 2 fully saturated rings. The number of piperidine rings is 1. The Morgan fingerprint density at radius 2 is 1.95 bits per heavy atom. The third-order valence-electron chi connectivity index (χ3n) is 3.93. The smallest absolute Gasteiger partial charge is 0.252 e. The lowest BCUT2D eigenvalue weighted by Gasteiger charge is -2.25. The van der Waals surface area contributed by atoms with Crippen LogP contribution in [0.1, 0.15) is 37.0 Å². The third-order valence-corrected chi connectivity index (χ3v) is 7.44. The lowest BCUT2D eigenvalue weighted by molar-refractivity contribution is 0.347. The first kappa shape index (κ1) is 14.5. The maximum atomic E-state index is 12.5. The molecule has 3 rings (SSSR count). The lowest BCUT2D eigenvalue weighted by atomic mass is 10.2. The number of nitrogens with zero attached hydrogens (tertiary/aromatic N) is 1. The minimum absolute atomic E-state index is 0.515. The molecule has 0 atom stereocenters. The molecule has 0 aromatic carbocycles. The van der Waals surface area contributed by atoms with Gasteiger partial charge in [0.05, 0.1) is 0 Å². The molecule has 0 amide bonds. The maximum Gasteiger partial charge on any atom is 0.252 e. The second-order valence-electron chi connectivity index (χ2n) is 5.66. The van der Waals surface area contributed by atoms with E-state index in [1.165, 1.54) is 24.2 Å². The molecule has 2 aliphatic rings. The number of nitrogens with one attached hydrogen (secondary N) is 1. The zero-order valence-electron chi connectivity index (χ0n) is 11.7.